The Kier molecular flexibility index (Phi) is 9.58. The summed E-state index contributed by atoms with van der Waals surface area (Å²) in [5.74, 6) is -5.54. The van der Waals surface area contributed by atoms with Crippen LogP contribution in [0.4, 0.5) is 19.0 Å². The van der Waals surface area contributed by atoms with Crippen LogP contribution in [0.1, 0.15) is 36.3 Å². The van der Waals surface area contributed by atoms with Crippen molar-refractivity contribution in [1.82, 2.24) is 15.2 Å². The van der Waals surface area contributed by atoms with Gasteiger partial charge in [-0.25, -0.2) is 9.78 Å². The van der Waals surface area contributed by atoms with E-state index in [0.717, 1.165) is 17.8 Å². The number of hydrogen-bond donors (Lipinski definition) is 2. The van der Waals surface area contributed by atoms with Crippen LogP contribution in [0, 0.1) is 0 Å². The Morgan fingerprint density at radius 1 is 1.05 bits per heavy atom. The molecule has 1 atom stereocenters. The number of carbonyl (C=O) groups is 4. The van der Waals surface area contributed by atoms with Crippen molar-refractivity contribution in [3.05, 3.63) is 59.8 Å². The predicted octanol–water partition coefficient (Wildman–Crippen LogP) is 2.58. The molecule has 0 spiro atoms. The molecule has 1 aromatic heterocycles. The number of pyridine rings is 1. The number of alkyl halides is 3. The fourth-order valence-corrected chi connectivity index (χ4v) is 3.94. The van der Waals surface area contributed by atoms with Crippen LogP contribution in [0.5, 0.6) is 0 Å². The molecule has 2 N–H and O–H groups in total. The van der Waals surface area contributed by atoms with Crippen LogP contribution in [0.25, 0.3) is 0 Å². The summed E-state index contributed by atoms with van der Waals surface area (Å²) in [5.41, 5.74) is 1.17. The number of benzene rings is 1. The number of amides is 2. The second kappa shape index (κ2) is 12.8. The molecule has 0 saturated heterocycles. The van der Waals surface area contributed by atoms with Gasteiger partial charge in [0.1, 0.15) is 5.82 Å². The summed E-state index contributed by atoms with van der Waals surface area (Å²) >= 11 is 0. The van der Waals surface area contributed by atoms with E-state index in [4.69, 9.17) is 0 Å². The van der Waals surface area contributed by atoms with Crippen molar-refractivity contribution >= 4 is 29.6 Å². The van der Waals surface area contributed by atoms with Crippen molar-refractivity contribution in [3.8, 4) is 0 Å². The molecule has 37 heavy (non-hydrogen) atoms. The summed E-state index contributed by atoms with van der Waals surface area (Å²) in [7, 11) is 0. The van der Waals surface area contributed by atoms with E-state index in [9.17, 15) is 32.3 Å². The van der Waals surface area contributed by atoms with E-state index in [-0.39, 0.29) is 13.1 Å². The van der Waals surface area contributed by atoms with Gasteiger partial charge in [0.2, 0.25) is 11.8 Å². The second-order valence-electron chi connectivity index (χ2n) is 8.42. The number of aromatic nitrogens is 1. The molecule has 198 valence electrons. The lowest BCUT2D eigenvalue weighted by Gasteiger charge is -2.24. The topological polar surface area (TPSA) is 118 Å². The Morgan fingerprint density at radius 2 is 1.78 bits per heavy atom. The zero-order chi connectivity index (χ0) is 26.8. The highest BCUT2D eigenvalue weighted by Gasteiger charge is 2.43. The van der Waals surface area contributed by atoms with Crippen LogP contribution in [0.2, 0.25) is 0 Å². The third-order valence-corrected chi connectivity index (χ3v) is 5.73. The average molecular weight is 521 g/mol. The third kappa shape index (κ3) is 8.29. The molecule has 2 heterocycles. The van der Waals surface area contributed by atoms with Crippen LogP contribution in [0.3, 0.4) is 0 Å². The summed E-state index contributed by atoms with van der Waals surface area (Å²) in [6.07, 6.45) is -2.57. The number of rotatable bonds is 10. The molecule has 12 heteroatoms. The summed E-state index contributed by atoms with van der Waals surface area (Å²) in [5, 5.41) is 5.91. The zero-order valence-electron chi connectivity index (χ0n) is 19.9. The number of nitrogens with zero attached hydrogens (tertiary/aromatic N) is 2. The van der Waals surface area contributed by atoms with Crippen molar-refractivity contribution in [2.45, 2.75) is 37.8 Å². The average Bonchev–Trinajstić information content (AvgIpc) is 2.98. The normalized spacial score (nSPS) is 15.4. The first-order valence-corrected chi connectivity index (χ1v) is 11.7. The molecule has 3 rings (SSSR count). The van der Waals surface area contributed by atoms with Gasteiger partial charge in [0.25, 0.3) is 0 Å². The maximum Gasteiger partial charge on any atom is 0.491 e. The fraction of sp³-hybridized carbons (Fsp3) is 0.400. The van der Waals surface area contributed by atoms with E-state index < -0.39 is 42.3 Å². The number of esters is 2. The van der Waals surface area contributed by atoms with E-state index in [1.165, 1.54) is 4.90 Å². The van der Waals surface area contributed by atoms with Crippen LogP contribution in [-0.2, 0) is 30.3 Å². The number of nitrogens with one attached hydrogen (secondary N) is 2. The van der Waals surface area contributed by atoms with Crippen LogP contribution < -0.4 is 10.6 Å². The molecule has 0 bridgehead atoms. The van der Waals surface area contributed by atoms with Crippen molar-refractivity contribution in [1.29, 1.82) is 0 Å². The van der Waals surface area contributed by atoms with Crippen molar-refractivity contribution in [2.75, 3.05) is 31.5 Å². The van der Waals surface area contributed by atoms with E-state index >= 15 is 0 Å². The summed E-state index contributed by atoms with van der Waals surface area (Å²) in [4.78, 5) is 54.3. The smallest absolute Gasteiger partial charge is 0.386 e. The van der Waals surface area contributed by atoms with Gasteiger partial charge in [-0.15, -0.1) is 0 Å². The minimum atomic E-state index is -5.33. The standard InChI is InChI=1S/C25H27F3N4O5/c26-25(27,28)24(36)37-22(34)15-19-18-8-2-1-7-17(18)10-14-32(23(19)35)16-21(33)31-13-6-5-12-30-20-9-3-4-11-29-20/h1-4,7-9,11,19H,5-6,10,12-16H2,(H,29,30)(H,31,33). The Hall–Kier alpha value is -3.96. The first-order chi connectivity index (χ1) is 17.6. The minimum Gasteiger partial charge on any atom is -0.386 e. The van der Waals surface area contributed by atoms with Gasteiger partial charge in [-0.05, 0) is 42.5 Å². The Balaban J connectivity index is 1.53. The number of fused-ring (bicyclic) bond motifs is 1. The maximum atomic E-state index is 13.2. The molecule has 1 aliphatic rings. The van der Waals surface area contributed by atoms with Gasteiger partial charge >= 0.3 is 18.1 Å². The Labute approximate surface area is 211 Å². The van der Waals surface area contributed by atoms with E-state index in [1.54, 1.807) is 30.5 Å². The van der Waals surface area contributed by atoms with E-state index in [0.29, 0.717) is 31.5 Å². The predicted molar refractivity (Wildman–Crippen MR) is 126 cm³/mol. The quantitative estimate of drug-likeness (QED) is 0.281. The van der Waals surface area contributed by atoms with Gasteiger partial charge in [-0.3, -0.25) is 14.4 Å². The molecule has 0 saturated carbocycles. The molecule has 0 radical (unpaired) electrons. The Morgan fingerprint density at radius 3 is 2.51 bits per heavy atom. The van der Waals surface area contributed by atoms with Crippen molar-refractivity contribution < 1.29 is 37.1 Å². The van der Waals surface area contributed by atoms with Crippen molar-refractivity contribution in [3.63, 3.8) is 0 Å². The summed E-state index contributed by atoms with van der Waals surface area (Å²) in [6.45, 7) is 0.973. The first-order valence-electron chi connectivity index (χ1n) is 11.7. The van der Waals surface area contributed by atoms with Gasteiger partial charge in [0, 0.05) is 25.8 Å². The van der Waals surface area contributed by atoms with Gasteiger partial charge in [-0.2, -0.15) is 13.2 Å². The van der Waals surface area contributed by atoms with Crippen LogP contribution in [0.15, 0.2) is 48.7 Å². The van der Waals surface area contributed by atoms with E-state index in [2.05, 4.69) is 20.4 Å². The van der Waals surface area contributed by atoms with Crippen LogP contribution in [-0.4, -0.2) is 66.0 Å². The van der Waals surface area contributed by atoms with Crippen molar-refractivity contribution in [2.24, 2.45) is 0 Å². The number of unbranched alkanes of at least 4 members (excludes halogenated alkanes) is 1. The fourth-order valence-electron chi connectivity index (χ4n) is 3.94. The SMILES string of the molecule is O=C(CN1CCc2ccccc2C(CC(=O)OC(=O)C(F)(F)F)C1=O)NCCCCNc1ccccn1. The molecule has 2 aromatic rings. The third-order valence-electron chi connectivity index (χ3n) is 5.73. The lowest BCUT2D eigenvalue weighted by Crippen LogP contribution is -2.43. The number of halogens is 3. The molecule has 0 fully saturated rings. The highest BCUT2D eigenvalue weighted by atomic mass is 19.4. The van der Waals surface area contributed by atoms with Gasteiger partial charge in [0.05, 0.1) is 18.9 Å². The molecule has 1 aliphatic heterocycles. The van der Waals surface area contributed by atoms with Crippen LogP contribution >= 0.6 is 0 Å². The zero-order valence-corrected chi connectivity index (χ0v) is 19.9. The van der Waals surface area contributed by atoms with E-state index in [1.807, 2.05) is 18.2 Å². The molecule has 2 amide bonds. The molecule has 1 unspecified atom stereocenters. The monoisotopic (exact) mass is 520 g/mol. The number of ether oxygens (including phenoxy) is 1. The first kappa shape index (κ1) is 27.6. The molecule has 0 aliphatic carbocycles. The maximum absolute atomic E-state index is 13.2. The number of anilines is 1. The molecular formula is C25H27F3N4O5. The summed E-state index contributed by atoms with van der Waals surface area (Å²) < 4.78 is 41.3. The molecular weight excluding hydrogens is 493 g/mol. The molecule has 1 aromatic carbocycles. The largest absolute Gasteiger partial charge is 0.491 e. The molecule has 9 nitrogen and oxygen atoms in total. The number of carbonyl (C=O) groups excluding carboxylic acids is 4. The Bertz CT molecular complexity index is 1110. The van der Waals surface area contributed by atoms with Gasteiger partial charge in [0.15, 0.2) is 0 Å². The lowest BCUT2D eigenvalue weighted by atomic mass is 9.91. The number of hydrogen-bond acceptors (Lipinski definition) is 7. The highest BCUT2D eigenvalue weighted by Crippen LogP contribution is 2.30. The minimum absolute atomic E-state index is 0.185. The van der Waals surface area contributed by atoms with Gasteiger partial charge in [-0.1, -0.05) is 30.3 Å². The second-order valence-corrected chi connectivity index (χ2v) is 8.42. The van der Waals surface area contributed by atoms with Gasteiger partial charge < -0.3 is 20.3 Å². The highest BCUT2D eigenvalue weighted by molar-refractivity contribution is 5.94. The summed E-state index contributed by atoms with van der Waals surface area (Å²) in [6, 6.07) is 12.2. The lowest BCUT2D eigenvalue weighted by molar-refractivity contribution is -0.202.